The van der Waals surface area contributed by atoms with Crippen molar-refractivity contribution >= 4 is 6.16 Å². The first-order valence-corrected chi connectivity index (χ1v) is 4.66. The van der Waals surface area contributed by atoms with E-state index in [0.29, 0.717) is 0 Å². The highest BCUT2D eigenvalue weighted by atomic mass is 19.1. The number of nitriles is 1. The predicted octanol–water partition coefficient (Wildman–Crippen LogP) is 2.56. The normalized spacial score (nSPS) is 11.3. The van der Waals surface area contributed by atoms with Gasteiger partial charge in [-0.15, -0.1) is 0 Å². The first kappa shape index (κ1) is 12.0. The number of carbonyl (C=O) groups excluding carboxylic acids is 1. The molecule has 5 heteroatoms. The molecule has 0 amide bonds. The van der Waals surface area contributed by atoms with Gasteiger partial charge < -0.3 is 9.47 Å². The fourth-order valence-corrected chi connectivity index (χ4v) is 1.10. The molecule has 84 valence electrons. The van der Waals surface area contributed by atoms with Crippen molar-refractivity contribution in [2.24, 2.45) is 0 Å². The van der Waals surface area contributed by atoms with Crippen molar-refractivity contribution in [1.82, 2.24) is 0 Å². The molecule has 0 saturated carbocycles. The average Bonchev–Trinajstić information content (AvgIpc) is 2.27. The smallest absolute Gasteiger partial charge is 0.435 e. The Morgan fingerprint density at radius 3 is 2.81 bits per heavy atom. The Labute approximate surface area is 92.2 Å². The molecule has 1 unspecified atom stereocenters. The zero-order valence-electron chi connectivity index (χ0n) is 8.64. The van der Waals surface area contributed by atoms with Gasteiger partial charge in [0.15, 0.2) is 0 Å². The molecule has 0 N–H and O–H groups in total. The van der Waals surface area contributed by atoms with Crippen molar-refractivity contribution in [2.75, 3.05) is 6.61 Å². The zero-order valence-corrected chi connectivity index (χ0v) is 8.64. The third-order valence-electron chi connectivity index (χ3n) is 1.78. The number of hydrogen-bond donors (Lipinski definition) is 0. The SMILES string of the molecule is CCOC(=O)OC(C#N)c1ccccc1F. The van der Waals surface area contributed by atoms with Crippen molar-refractivity contribution in [2.45, 2.75) is 13.0 Å². The molecule has 1 aromatic carbocycles. The van der Waals surface area contributed by atoms with E-state index in [-0.39, 0.29) is 12.2 Å². The molecule has 4 nitrogen and oxygen atoms in total. The van der Waals surface area contributed by atoms with Crippen LogP contribution >= 0.6 is 0 Å². The highest BCUT2D eigenvalue weighted by molar-refractivity contribution is 5.60. The molecule has 0 radical (unpaired) electrons. The maximum atomic E-state index is 13.3. The lowest BCUT2D eigenvalue weighted by Crippen LogP contribution is -2.12. The number of halogens is 1. The molecule has 0 saturated heterocycles. The summed E-state index contributed by atoms with van der Waals surface area (Å²) in [5, 5.41) is 8.77. The second kappa shape index (κ2) is 5.71. The van der Waals surface area contributed by atoms with Gasteiger partial charge in [-0.25, -0.2) is 9.18 Å². The lowest BCUT2D eigenvalue weighted by molar-refractivity contribution is 0.0413. The molecule has 0 fully saturated rings. The van der Waals surface area contributed by atoms with Crippen molar-refractivity contribution in [3.8, 4) is 6.07 Å². The average molecular weight is 223 g/mol. The van der Waals surface area contributed by atoms with Crippen LogP contribution < -0.4 is 0 Å². The Kier molecular flexibility index (Phi) is 4.28. The summed E-state index contributed by atoms with van der Waals surface area (Å²) in [6, 6.07) is 7.29. The van der Waals surface area contributed by atoms with Crippen LogP contribution in [0.5, 0.6) is 0 Å². The number of nitrogens with zero attached hydrogens (tertiary/aromatic N) is 1. The molecule has 16 heavy (non-hydrogen) atoms. The van der Waals surface area contributed by atoms with E-state index in [1.807, 2.05) is 0 Å². The minimum absolute atomic E-state index is 0.0121. The van der Waals surface area contributed by atoms with Crippen molar-refractivity contribution in [3.63, 3.8) is 0 Å². The number of rotatable bonds is 3. The first-order chi connectivity index (χ1) is 7.69. The lowest BCUT2D eigenvalue weighted by Gasteiger charge is -2.11. The fraction of sp³-hybridized carbons (Fsp3) is 0.273. The van der Waals surface area contributed by atoms with Gasteiger partial charge in [-0.3, -0.25) is 0 Å². The molecule has 0 spiro atoms. The largest absolute Gasteiger partial charge is 0.509 e. The van der Waals surface area contributed by atoms with Gasteiger partial charge in [0.25, 0.3) is 0 Å². The lowest BCUT2D eigenvalue weighted by atomic mass is 10.1. The number of benzene rings is 1. The number of hydrogen-bond acceptors (Lipinski definition) is 4. The Morgan fingerprint density at radius 1 is 1.56 bits per heavy atom. The third kappa shape index (κ3) is 2.95. The summed E-state index contributed by atoms with van der Waals surface area (Å²) in [5.74, 6) is -0.599. The number of ether oxygens (including phenoxy) is 2. The van der Waals surface area contributed by atoms with Crippen LogP contribution in [0.3, 0.4) is 0 Å². The van der Waals surface area contributed by atoms with E-state index in [4.69, 9.17) is 5.26 Å². The van der Waals surface area contributed by atoms with Crippen LogP contribution in [-0.2, 0) is 9.47 Å². The number of carbonyl (C=O) groups is 1. The third-order valence-corrected chi connectivity index (χ3v) is 1.78. The van der Waals surface area contributed by atoms with Gasteiger partial charge in [-0.05, 0) is 13.0 Å². The Balaban J connectivity index is 2.80. The first-order valence-electron chi connectivity index (χ1n) is 4.66. The van der Waals surface area contributed by atoms with E-state index in [9.17, 15) is 9.18 Å². The summed E-state index contributed by atoms with van der Waals surface area (Å²) in [6.07, 6.45) is -2.28. The molecular weight excluding hydrogens is 213 g/mol. The van der Waals surface area contributed by atoms with E-state index < -0.39 is 18.1 Å². The van der Waals surface area contributed by atoms with E-state index in [2.05, 4.69) is 9.47 Å². The molecular formula is C11H10FNO3. The maximum absolute atomic E-state index is 13.3. The van der Waals surface area contributed by atoms with Gasteiger partial charge in [0.1, 0.15) is 11.9 Å². The molecule has 0 bridgehead atoms. The second-order valence-electron chi connectivity index (χ2n) is 2.83. The summed E-state index contributed by atoms with van der Waals surface area (Å²) < 4.78 is 22.4. The van der Waals surface area contributed by atoms with Crippen LogP contribution in [0.25, 0.3) is 0 Å². The van der Waals surface area contributed by atoms with Crippen molar-refractivity contribution < 1.29 is 18.7 Å². The monoisotopic (exact) mass is 223 g/mol. The molecule has 0 aliphatic heterocycles. The minimum atomic E-state index is -1.29. The summed E-state index contributed by atoms with van der Waals surface area (Å²) >= 11 is 0. The van der Waals surface area contributed by atoms with Gasteiger partial charge in [-0.2, -0.15) is 5.26 Å². The molecule has 0 heterocycles. The molecule has 1 aromatic rings. The van der Waals surface area contributed by atoms with Crippen LogP contribution in [0.4, 0.5) is 9.18 Å². The summed E-state index contributed by atoms with van der Waals surface area (Å²) in [6.45, 7) is 1.74. The van der Waals surface area contributed by atoms with Crippen LogP contribution in [-0.4, -0.2) is 12.8 Å². The molecule has 0 aromatic heterocycles. The van der Waals surface area contributed by atoms with E-state index in [1.165, 1.54) is 18.2 Å². The second-order valence-corrected chi connectivity index (χ2v) is 2.83. The fourth-order valence-electron chi connectivity index (χ4n) is 1.10. The Morgan fingerprint density at radius 2 is 2.25 bits per heavy atom. The standard InChI is InChI=1S/C11H10FNO3/c1-2-15-11(14)16-10(7-13)8-5-3-4-6-9(8)12/h3-6,10H,2H2,1H3. The zero-order chi connectivity index (χ0) is 12.0. The minimum Gasteiger partial charge on any atom is -0.435 e. The van der Waals surface area contributed by atoms with Crippen molar-refractivity contribution in [3.05, 3.63) is 35.6 Å². The van der Waals surface area contributed by atoms with Gasteiger partial charge in [-0.1, -0.05) is 18.2 Å². The molecule has 0 aliphatic carbocycles. The van der Waals surface area contributed by atoms with Gasteiger partial charge >= 0.3 is 6.16 Å². The molecule has 0 aliphatic rings. The molecule has 1 rings (SSSR count). The Bertz CT molecular complexity index is 414. The van der Waals surface area contributed by atoms with Crippen LogP contribution in [0.2, 0.25) is 0 Å². The topological polar surface area (TPSA) is 59.3 Å². The van der Waals surface area contributed by atoms with Gasteiger partial charge in [0.2, 0.25) is 6.10 Å². The van der Waals surface area contributed by atoms with E-state index >= 15 is 0 Å². The van der Waals surface area contributed by atoms with Crippen molar-refractivity contribution in [1.29, 1.82) is 5.26 Å². The van der Waals surface area contributed by atoms with Crippen LogP contribution in [0, 0.1) is 17.1 Å². The van der Waals surface area contributed by atoms with Crippen LogP contribution in [0.15, 0.2) is 24.3 Å². The maximum Gasteiger partial charge on any atom is 0.509 e. The Hall–Kier alpha value is -2.09. The van der Waals surface area contributed by atoms with E-state index in [0.717, 1.165) is 0 Å². The predicted molar refractivity (Wildman–Crippen MR) is 52.9 cm³/mol. The van der Waals surface area contributed by atoms with Gasteiger partial charge in [0, 0.05) is 5.56 Å². The quantitative estimate of drug-likeness (QED) is 0.739. The molecule has 1 atom stereocenters. The highest BCUT2D eigenvalue weighted by Gasteiger charge is 2.19. The van der Waals surface area contributed by atoms with E-state index in [1.54, 1.807) is 19.1 Å². The van der Waals surface area contributed by atoms with Crippen LogP contribution in [0.1, 0.15) is 18.6 Å². The van der Waals surface area contributed by atoms with Gasteiger partial charge in [0.05, 0.1) is 6.61 Å². The summed E-state index contributed by atoms with van der Waals surface area (Å²) in [5.41, 5.74) is 0.0121. The summed E-state index contributed by atoms with van der Waals surface area (Å²) in [4.78, 5) is 11.0. The summed E-state index contributed by atoms with van der Waals surface area (Å²) in [7, 11) is 0. The highest BCUT2D eigenvalue weighted by Crippen LogP contribution is 2.20.